The first-order chi connectivity index (χ1) is 12.3. The van der Waals surface area contributed by atoms with Gasteiger partial charge in [-0.3, -0.25) is 9.52 Å². The van der Waals surface area contributed by atoms with Gasteiger partial charge in [-0.2, -0.15) is 0 Å². The summed E-state index contributed by atoms with van der Waals surface area (Å²) in [6.07, 6.45) is 4.08. The molecule has 0 spiro atoms. The quantitative estimate of drug-likeness (QED) is 0.717. The summed E-state index contributed by atoms with van der Waals surface area (Å²) in [6.45, 7) is 1.76. The number of rotatable bonds is 5. The lowest BCUT2D eigenvalue weighted by Gasteiger charge is -2.11. The molecule has 0 aliphatic heterocycles. The molecule has 0 atom stereocenters. The predicted octanol–water partition coefficient (Wildman–Crippen LogP) is 3.27. The molecular formula is C18H17N3O4S. The van der Waals surface area contributed by atoms with E-state index in [1.807, 2.05) is 6.07 Å². The fourth-order valence-electron chi connectivity index (χ4n) is 2.37. The Hall–Kier alpha value is -3.13. The second-order valence-electron chi connectivity index (χ2n) is 5.78. The van der Waals surface area contributed by atoms with Crippen LogP contribution in [0.4, 0.5) is 11.4 Å². The fraction of sp³-hybridized carbons (Fsp3) is 0.111. The number of benzene rings is 2. The second kappa shape index (κ2) is 7.01. The van der Waals surface area contributed by atoms with Crippen molar-refractivity contribution in [3.8, 4) is 11.5 Å². The molecule has 26 heavy (non-hydrogen) atoms. The third kappa shape index (κ3) is 4.28. The molecule has 2 aromatic carbocycles. The number of oxazole rings is 1. The summed E-state index contributed by atoms with van der Waals surface area (Å²) in [7, 11) is -3.43. The van der Waals surface area contributed by atoms with Crippen molar-refractivity contribution in [2.75, 3.05) is 16.3 Å². The van der Waals surface area contributed by atoms with Gasteiger partial charge in [-0.25, -0.2) is 13.4 Å². The van der Waals surface area contributed by atoms with E-state index in [2.05, 4.69) is 15.0 Å². The van der Waals surface area contributed by atoms with Crippen LogP contribution in [0.2, 0.25) is 0 Å². The lowest BCUT2D eigenvalue weighted by Crippen LogP contribution is -2.14. The number of aromatic nitrogens is 1. The van der Waals surface area contributed by atoms with Crippen LogP contribution in [0.1, 0.15) is 15.9 Å². The summed E-state index contributed by atoms with van der Waals surface area (Å²) in [4.78, 5) is 16.6. The van der Waals surface area contributed by atoms with Crippen molar-refractivity contribution in [3.63, 3.8) is 0 Å². The van der Waals surface area contributed by atoms with Crippen LogP contribution in [0.15, 0.2) is 59.3 Å². The van der Waals surface area contributed by atoms with Gasteiger partial charge in [0.1, 0.15) is 6.26 Å². The Labute approximate surface area is 151 Å². The van der Waals surface area contributed by atoms with Crippen molar-refractivity contribution in [1.82, 2.24) is 4.98 Å². The number of amides is 1. The molecule has 8 heteroatoms. The highest BCUT2D eigenvalue weighted by molar-refractivity contribution is 7.92. The second-order valence-corrected chi connectivity index (χ2v) is 7.52. The highest BCUT2D eigenvalue weighted by Crippen LogP contribution is 2.22. The van der Waals surface area contributed by atoms with Crippen molar-refractivity contribution in [2.45, 2.75) is 6.92 Å². The van der Waals surface area contributed by atoms with Crippen LogP contribution in [-0.4, -0.2) is 25.6 Å². The molecular weight excluding hydrogens is 354 g/mol. The average Bonchev–Trinajstić information content (AvgIpc) is 3.10. The number of hydrogen-bond acceptors (Lipinski definition) is 5. The minimum absolute atomic E-state index is 0.336. The normalized spacial score (nSPS) is 11.2. The van der Waals surface area contributed by atoms with Crippen LogP contribution >= 0.6 is 0 Å². The van der Waals surface area contributed by atoms with Gasteiger partial charge in [-0.1, -0.05) is 12.1 Å². The Morgan fingerprint density at radius 2 is 1.96 bits per heavy atom. The average molecular weight is 371 g/mol. The molecule has 2 N–H and O–H groups in total. The molecule has 0 saturated carbocycles. The first-order valence-electron chi connectivity index (χ1n) is 7.71. The largest absolute Gasteiger partial charge is 0.445 e. The van der Waals surface area contributed by atoms with E-state index >= 15 is 0 Å². The minimum Gasteiger partial charge on any atom is -0.445 e. The first kappa shape index (κ1) is 17.7. The molecule has 0 aliphatic carbocycles. The molecule has 7 nitrogen and oxygen atoms in total. The summed E-state index contributed by atoms with van der Waals surface area (Å²) in [5, 5.41) is 2.78. The number of anilines is 2. The summed E-state index contributed by atoms with van der Waals surface area (Å²) in [5.41, 5.74) is 2.73. The van der Waals surface area contributed by atoms with Gasteiger partial charge in [0.2, 0.25) is 15.9 Å². The monoisotopic (exact) mass is 371 g/mol. The fourth-order valence-corrected chi connectivity index (χ4v) is 2.99. The predicted molar refractivity (Wildman–Crippen MR) is 99.5 cm³/mol. The van der Waals surface area contributed by atoms with E-state index in [4.69, 9.17) is 4.42 Å². The Kier molecular flexibility index (Phi) is 4.77. The van der Waals surface area contributed by atoms with Gasteiger partial charge < -0.3 is 9.73 Å². The van der Waals surface area contributed by atoms with E-state index < -0.39 is 10.0 Å². The topological polar surface area (TPSA) is 101 Å². The number of nitrogens with one attached hydrogen (secondary N) is 2. The Morgan fingerprint density at radius 3 is 2.65 bits per heavy atom. The molecule has 3 aromatic rings. The number of carbonyl (C=O) groups excluding carboxylic acids is 1. The number of carbonyl (C=O) groups is 1. The zero-order valence-electron chi connectivity index (χ0n) is 14.2. The van der Waals surface area contributed by atoms with Gasteiger partial charge in [0.25, 0.3) is 5.91 Å². The zero-order valence-corrected chi connectivity index (χ0v) is 15.0. The van der Waals surface area contributed by atoms with Gasteiger partial charge in [-0.05, 0) is 42.8 Å². The lowest BCUT2D eigenvalue weighted by atomic mass is 10.1. The van der Waals surface area contributed by atoms with Gasteiger partial charge in [0.15, 0.2) is 0 Å². The van der Waals surface area contributed by atoms with Gasteiger partial charge in [-0.15, -0.1) is 0 Å². The number of hydrogen-bond donors (Lipinski definition) is 2. The van der Waals surface area contributed by atoms with E-state index in [9.17, 15) is 13.2 Å². The Bertz CT molecular complexity index is 1040. The third-order valence-electron chi connectivity index (χ3n) is 3.59. The van der Waals surface area contributed by atoms with Crippen LogP contribution in [0.25, 0.3) is 11.5 Å². The zero-order chi connectivity index (χ0) is 18.7. The summed E-state index contributed by atoms with van der Waals surface area (Å²) in [6, 6.07) is 11.9. The maximum absolute atomic E-state index is 12.5. The summed E-state index contributed by atoms with van der Waals surface area (Å²) < 4.78 is 30.6. The van der Waals surface area contributed by atoms with Crippen LogP contribution in [0, 0.1) is 6.92 Å². The van der Waals surface area contributed by atoms with Crippen molar-refractivity contribution in [3.05, 3.63) is 66.1 Å². The Morgan fingerprint density at radius 1 is 1.15 bits per heavy atom. The van der Waals surface area contributed by atoms with Crippen LogP contribution < -0.4 is 10.0 Å². The first-order valence-corrected chi connectivity index (χ1v) is 9.61. The molecule has 1 amide bonds. The number of nitrogens with zero attached hydrogens (tertiary/aromatic N) is 1. The lowest BCUT2D eigenvalue weighted by molar-refractivity contribution is 0.102. The summed E-state index contributed by atoms with van der Waals surface area (Å²) in [5.74, 6) is 0.0992. The van der Waals surface area contributed by atoms with E-state index in [-0.39, 0.29) is 5.91 Å². The van der Waals surface area contributed by atoms with Crippen LogP contribution in [-0.2, 0) is 10.0 Å². The molecule has 0 aliphatic rings. The van der Waals surface area contributed by atoms with Gasteiger partial charge in [0, 0.05) is 16.8 Å². The van der Waals surface area contributed by atoms with E-state index in [1.54, 1.807) is 43.5 Å². The van der Waals surface area contributed by atoms with Gasteiger partial charge in [0.05, 0.1) is 18.1 Å². The molecule has 1 heterocycles. The summed E-state index contributed by atoms with van der Waals surface area (Å²) >= 11 is 0. The third-order valence-corrected chi connectivity index (χ3v) is 4.19. The molecule has 0 saturated heterocycles. The molecule has 134 valence electrons. The molecule has 0 unspecified atom stereocenters. The maximum atomic E-state index is 12.5. The smallest absolute Gasteiger partial charge is 0.255 e. The van der Waals surface area contributed by atoms with Crippen LogP contribution in [0.3, 0.4) is 0 Å². The highest BCUT2D eigenvalue weighted by atomic mass is 32.2. The SMILES string of the molecule is Cc1ccc(C(=O)Nc2cccc(-c3ncco3)c2)cc1NS(C)(=O)=O. The van der Waals surface area contributed by atoms with E-state index in [1.165, 1.54) is 12.3 Å². The molecule has 0 bridgehead atoms. The molecule has 0 radical (unpaired) electrons. The molecule has 3 rings (SSSR count). The van der Waals surface area contributed by atoms with Crippen molar-refractivity contribution in [1.29, 1.82) is 0 Å². The van der Waals surface area contributed by atoms with Crippen molar-refractivity contribution < 1.29 is 17.6 Å². The van der Waals surface area contributed by atoms with E-state index in [0.717, 1.165) is 17.4 Å². The van der Waals surface area contributed by atoms with Gasteiger partial charge >= 0.3 is 0 Å². The minimum atomic E-state index is -3.43. The highest BCUT2D eigenvalue weighted by Gasteiger charge is 2.12. The van der Waals surface area contributed by atoms with Crippen LogP contribution in [0.5, 0.6) is 0 Å². The molecule has 0 fully saturated rings. The van der Waals surface area contributed by atoms with E-state index in [0.29, 0.717) is 22.8 Å². The standard InChI is InChI=1S/C18H17N3O4S/c1-12-6-7-13(11-16(12)21-26(2,23)24)17(22)20-15-5-3-4-14(10-15)18-19-8-9-25-18/h3-11,21H,1-2H3,(H,20,22). The number of sulfonamides is 1. The van der Waals surface area contributed by atoms with Crippen molar-refractivity contribution >= 4 is 27.3 Å². The Balaban J connectivity index is 1.82. The molecule has 1 aromatic heterocycles. The maximum Gasteiger partial charge on any atom is 0.255 e. The van der Waals surface area contributed by atoms with Crippen molar-refractivity contribution in [2.24, 2.45) is 0 Å². The number of aryl methyl sites for hydroxylation is 1.